The van der Waals surface area contributed by atoms with Gasteiger partial charge < -0.3 is 10.6 Å². The Morgan fingerprint density at radius 3 is 2.62 bits per heavy atom. The van der Waals surface area contributed by atoms with Gasteiger partial charge in [-0.2, -0.15) is 13.2 Å². The second kappa shape index (κ2) is 6.37. The third-order valence-corrected chi connectivity index (χ3v) is 3.91. The third-order valence-electron chi connectivity index (χ3n) is 3.91. The molecule has 1 fully saturated rings. The number of benzene rings is 1. The van der Waals surface area contributed by atoms with E-state index in [2.05, 4.69) is 10.6 Å². The van der Waals surface area contributed by atoms with Crippen molar-refractivity contribution in [3.8, 4) is 0 Å². The van der Waals surface area contributed by atoms with Gasteiger partial charge in [-0.15, -0.1) is 0 Å². The maximum absolute atomic E-state index is 12.8. The van der Waals surface area contributed by atoms with Crippen molar-refractivity contribution in [1.29, 1.82) is 0 Å². The first-order chi connectivity index (χ1) is 9.91. The summed E-state index contributed by atoms with van der Waals surface area (Å²) >= 11 is 0. The molecule has 0 radical (unpaired) electrons. The molecule has 1 aliphatic rings. The zero-order valence-corrected chi connectivity index (χ0v) is 11.8. The van der Waals surface area contributed by atoms with Gasteiger partial charge >= 0.3 is 6.18 Å². The third kappa shape index (κ3) is 3.89. The van der Waals surface area contributed by atoms with E-state index in [0.29, 0.717) is 24.1 Å². The largest absolute Gasteiger partial charge is 0.391 e. The van der Waals surface area contributed by atoms with Gasteiger partial charge in [0.1, 0.15) is 0 Å². The van der Waals surface area contributed by atoms with E-state index in [-0.39, 0.29) is 18.7 Å². The minimum absolute atomic E-state index is 0.0308. The molecule has 1 aromatic carbocycles. The molecule has 2 rings (SSSR count). The number of carbonyl (C=O) groups is 1. The lowest BCUT2D eigenvalue weighted by molar-refractivity contribution is -0.183. The summed E-state index contributed by atoms with van der Waals surface area (Å²) in [6, 6.07) is 6.53. The molecule has 1 aromatic rings. The number of carbonyl (C=O) groups excluding carboxylic acids is 1. The van der Waals surface area contributed by atoms with Crippen LogP contribution >= 0.6 is 0 Å². The molecular weight excluding hydrogens is 281 g/mol. The van der Waals surface area contributed by atoms with Crippen LogP contribution in [0.4, 0.5) is 18.9 Å². The summed E-state index contributed by atoms with van der Waals surface area (Å²) in [7, 11) is 1.70. The van der Waals surface area contributed by atoms with Crippen LogP contribution in [0, 0.1) is 5.92 Å². The van der Waals surface area contributed by atoms with Crippen molar-refractivity contribution in [1.82, 2.24) is 5.32 Å². The van der Waals surface area contributed by atoms with Crippen molar-refractivity contribution in [2.45, 2.75) is 37.9 Å². The summed E-state index contributed by atoms with van der Waals surface area (Å²) in [5.74, 6) is -1.64. The molecule has 116 valence electrons. The smallest absolute Gasteiger partial charge is 0.387 e. The molecule has 21 heavy (non-hydrogen) atoms. The number of para-hydroxylation sites is 1. The Morgan fingerprint density at radius 1 is 1.24 bits per heavy atom. The molecule has 1 saturated carbocycles. The lowest BCUT2D eigenvalue weighted by atomic mass is 9.85. The molecule has 0 aromatic heterocycles. The minimum atomic E-state index is -4.17. The summed E-state index contributed by atoms with van der Waals surface area (Å²) in [4.78, 5) is 12.2. The Kier molecular flexibility index (Phi) is 4.75. The average Bonchev–Trinajstić information content (AvgIpc) is 2.46. The monoisotopic (exact) mass is 300 g/mol. The maximum atomic E-state index is 12.8. The van der Waals surface area contributed by atoms with Crippen molar-refractivity contribution in [3.05, 3.63) is 29.8 Å². The lowest BCUT2D eigenvalue weighted by Crippen LogP contribution is -2.41. The lowest BCUT2D eigenvalue weighted by Gasteiger charge is -2.31. The average molecular weight is 300 g/mol. The molecule has 2 atom stereocenters. The number of alkyl halides is 3. The molecule has 6 heteroatoms. The predicted molar refractivity (Wildman–Crippen MR) is 75.3 cm³/mol. The molecular formula is C15H19F3N2O. The molecule has 0 bridgehead atoms. The second-order valence-corrected chi connectivity index (χ2v) is 5.37. The van der Waals surface area contributed by atoms with Crippen LogP contribution < -0.4 is 10.6 Å². The number of rotatable bonds is 3. The summed E-state index contributed by atoms with van der Waals surface area (Å²) in [5.41, 5.74) is 1.12. The van der Waals surface area contributed by atoms with Crippen LogP contribution in [0.15, 0.2) is 24.3 Å². The van der Waals surface area contributed by atoms with E-state index in [1.54, 1.807) is 31.3 Å². The van der Waals surface area contributed by atoms with Crippen molar-refractivity contribution in [2.24, 2.45) is 5.92 Å². The van der Waals surface area contributed by atoms with Gasteiger partial charge in [0.15, 0.2) is 0 Å². The summed E-state index contributed by atoms with van der Waals surface area (Å²) in [6.07, 6.45) is -2.96. The molecule has 2 unspecified atom stereocenters. The van der Waals surface area contributed by atoms with E-state index >= 15 is 0 Å². The fourth-order valence-electron chi connectivity index (χ4n) is 2.78. The van der Waals surface area contributed by atoms with Crippen LogP contribution in [0.2, 0.25) is 0 Å². The van der Waals surface area contributed by atoms with Gasteiger partial charge in [-0.3, -0.25) is 4.79 Å². The van der Waals surface area contributed by atoms with Gasteiger partial charge in [-0.05, 0) is 31.4 Å². The highest BCUT2D eigenvalue weighted by atomic mass is 19.4. The highest BCUT2D eigenvalue weighted by Crippen LogP contribution is 2.37. The van der Waals surface area contributed by atoms with Gasteiger partial charge in [0.2, 0.25) is 0 Å². The van der Waals surface area contributed by atoms with Gasteiger partial charge in [-0.25, -0.2) is 0 Å². The zero-order valence-electron chi connectivity index (χ0n) is 11.8. The Hall–Kier alpha value is -1.72. The minimum Gasteiger partial charge on any atom is -0.387 e. The Balaban J connectivity index is 2.02. The Morgan fingerprint density at radius 2 is 1.95 bits per heavy atom. The molecule has 0 spiro atoms. The number of hydrogen-bond acceptors (Lipinski definition) is 2. The van der Waals surface area contributed by atoms with Crippen LogP contribution in [0.25, 0.3) is 0 Å². The first-order valence-electron chi connectivity index (χ1n) is 7.06. The van der Waals surface area contributed by atoms with Crippen LogP contribution in [-0.4, -0.2) is 25.2 Å². The van der Waals surface area contributed by atoms with Gasteiger partial charge in [0, 0.05) is 18.8 Å². The first-order valence-corrected chi connectivity index (χ1v) is 7.06. The highest BCUT2D eigenvalue weighted by Gasteiger charge is 2.42. The topological polar surface area (TPSA) is 41.1 Å². The fraction of sp³-hybridized carbons (Fsp3) is 0.533. The van der Waals surface area contributed by atoms with Gasteiger partial charge in [0.25, 0.3) is 5.91 Å². The zero-order chi connectivity index (χ0) is 15.5. The first kappa shape index (κ1) is 15.7. The van der Waals surface area contributed by atoms with Crippen molar-refractivity contribution >= 4 is 11.6 Å². The van der Waals surface area contributed by atoms with E-state index in [0.717, 1.165) is 0 Å². The standard InChI is InChI=1S/C15H19F3N2O/c1-19-13-8-3-2-7-12(13)14(21)20-11-6-4-5-10(9-11)15(16,17)18/h2-3,7-8,10-11,19H,4-6,9H2,1H3,(H,20,21). The SMILES string of the molecule is CNc1ccccc1C(=O)NC1CCCC(C(F)(F)F)C1. The fourth-order valence-corrected chi connectivity index (χ4v) is 2.78. The number of nitrogens with one attached hydrogen (secondary N) is 2. The molecule has 2 N–H and O–H groups in total. The molecule has 3 nitrogen and oxygen atoms in total. The van der Waals surface area contributed by atoms with Crippen molar-refractivity contribution in [2.75, 3.05) is 12.4 Å². The maximum Gasteiger partial charge on any atom is 0.391 e. The number of halogens is 3. The van der Waals surface area contributed by atoms with Crippen LogP contribution in [0.3, 0.4) is 0 Å². The Bertz CT molecular complexity index is 502. The number of hydrogen-bond donors (Lipinski definition) is 2. The normalized spacial score (nSPS) is 22.7. The van der Waals surface area contributed by atoms with E-state index in [1.807, 2.05) is 0 Å². The highest BCUT2D eigenvalue weighted by molar-refractivity contribution is 5.99. The van der Waals surface area contributed by atoms with E-state index in [9.17, 15) is 18.0 Å². The van der Waals surface area contributed by atoms with E-state index in [1.165, 1.54) is 0 Å². The molecule has 0 heterocycles. The van der Waals surface area contributed by atoms with Crippen LogP contribution in [-0.2, 0) is 0 Å². The number of amides is 1. The summed E-state index contributed by atoms with van der Waals surface area (Å²) in [6.45, 7) is 0. The summed E-state index contributed by atoms with van der Waals surface area (Å²) in [5, 5.41) is 5.64. The Labute approximate surface area is 121 Å². The van der Waals surface area contributed by atoms with E-state index < -0.39 is 18.1 Å². The summed E-state index contributed by atoms with van der Waals surface area (Å²) < 4.78 is 38.3. The van der Waals surface area contributed by atoms with Gasteiger partial charge in [-0.1, -0.05) is 18.6 Å². The van der Waals surface area contributed by atoms with Crippen LogP contribution in [0.5, 0.6) is 0 Å². The van der Waals surface area contributed by atoms with Crippen LogP contribution in [0.1, 0.15) is 36.0 Å². The second-order valence-electron chi connectivity index (χ2n) is 5.37. The molecule has 1 aliphatic carbocycles. The molecule has 0 saturated heterocycles. The molecule has 1 amide bonds. The van der Waals surface area contributed by atoms with Gasteiger partial charge in [0.05, 0.1) is 11.5 Å². The predicted octanol–water partition coefficient (Wildman–Crippen LogP) is 3.58. The molecule has 0 aliphatic heterocycles. The van der Waals surface area contributed by atoms with Crippen molar-refractivity contribution < 1.29 is 18.0 Å². The van der Waals surface area contributed by atoms with Crippen molar-refractivity contribution in [3.63, 3.8) is 0 Å². The quantitative estimate of drug-likeness (QED) is 0.896. The van der Waals surface area contributed by atoms with E-state index in [4.69, 9.17) is 0 Å². The number of anilines is 1.